The summed E-state index contributed by atoms with van der Waals surface area (Å²) < 4.78 is 5.16. The molecule has 8 heteroatoms. The molecular formula is C18H26N4O4. The summed E-state index contributed by atoms with van der Waals surface area (Å²) in [7, 11) is 0. The Kier molecular flexibility index (Phi) is 5.61. The average Bonchev–Trinajstić information content (AvgIpc) is 3.21. The fraction of sp³-hybridized carbons (Fsp3) is 0.611. The Bertz CT molecular complexity index is 644. The molecule has 26 heavy (non-hydrogen) atoms. The number of furan rings is 1. The average molecular weight is 362 g/mol. The molecular weight excluding hydrogens is 336 g/mol. The number of rotatable bonds is 3. The van der Waals surface area contributed by atoms with E-state index in [1.165, 1.54) is 6.26 Å². The fourth-order valence-corrected chi connectivity index (χ4v) is 3.53. The van der Waals surface area contributed by atoms with Gasteiger partial charge in [-0.05, 0) is 19.1 Å². The maximum atomic E-state index is 12.8. The van der Waals surface area contributed by atoms with Crippen molar-refractivity contribution < 1.29 is 18.8 Å². The highest BCUT2D eigenvalue weighted by atomic mass is 16.3. The number of carbonyl (C=O) groups is 3. The number of hydrogen-bond acceptors (Lipinski definition) is 5. The largest absolute Gasteiger partial charge is 0.459 e. The van der Waals surface area contributed by atoms with Gasteiger partial charge in [0.25, 0.3) is 5.91 Å². The third kappa shape index (κ3) is 3.90. The molecule has 1 aromatic rings. The van der Waals surface area contributed by atoms with Gasteiger partial charge in [-0.2, -0.15) is 0 Å². The first-order chi connectivity index (χ1) is 12.5. The second-order valence-electron chi connectivity index (χ2n) is 6.81. The quantitative estimate of drug-likeness (QED) is 0.763. The van der Waals surface area contributed by atoms with Crippen LogP contribution in [0, 0.1) is 0 Å². The highest BCUT2D eigenvalue weighted by Crippen LogP contribution is 2.13. The molecule has 0 saturated carbocycles. The maximum absolute atomic E-state index is 12.8. The minimum absolute atomic E-state index is 0.0842. The van der Waals surface area contributed by atoms with Crippen LogP contribution in [0.5, 0.6) is 0 Å². The first-order valence-corrected chi connectivity index (χ1v) is 9.08. The summed E-state index contributed by atoms with van der Waals surface area (Å²) in [6, 6.07) is 3.14. The Morgan fingerprint density at radius 3 is 2.04 bits per heavy atom. The zero-order valence-electron chi connectivity index (χ0n) is 15.4. The van der Waals surface area contributed by atoms with Crippen molar-refractivity contribution >= 4 is 17.7 Å². The highest BCUT2D eigenvalue weighted by molar-refractivity contribution is 5.91. The van der Waals surface area contributed by atoms with Crippen LogP contribution in [0.25, 0.3) is 0 Å². The van der Waals surface area contributed by atoms with Crippen LogP contribution < -0.4 is 0 Å². The van der Waals surface area contributed by atoms with Crippen molar-refractivity contribution in [2.24, 2.45) is 0 Å². The molecule has 0 aromatic carbocycles. The number of hydrogen-bond donors (Lipinski definition) is 0. The van der Waals surface area contributed by atoms with E-state index in [4.69, 9.17) is 4.42 Å². The van der Waals surface area contributed by atoms with Crippen molar-refractivity contribution in [2.75, 3.05) is 52.4 Å². The first-order valence-electron chi connectivity index (χ1n) is 9.08. The second kappa shape index (κ2) is 7.90. The molecule has 142 valence electrons. The molecule has 3 heterocycles. The Labute approximate surface area is 153 Å². The molecule has 2 fully saturated rings. The van der Waals surface area contributed by atoms with Crippen molar-refractivity contribution in [3.8, 4) is 0 Å². The molecule has 0 spiro atoms. The van der Waals surface area contributed by atoms with Gasteiger partial charge < -0.3 is 19.1 Å². The molecule has 0 N–H and O–H groups in total. The third-order valence-corrected chi connectivity index (χ3v) is 5.28. The maximum Gasteiger partial charge on any atom is 0.289 e. The molecule has 0 aliphatic carbocycles. The zero-order valence-corrected chi connectivity index (χ0v) is 15.4. The fourth-order valence-electron chi connectivity index (χ4n) is 3.53. The van der Waals surface area contributed by atoms with E-state index in [-0.39, 0.29) is 23.8 Å². The van der Waals surface area contributed by atoms with Gasteiger partial charge in [0, 0.05) is 59.3 Å². The Morgan fingerprint density at radius 1 is 0.923 bits per heavy atom. The summed E-state index contributed by atoms with van der Waals surface area (Å²) in [5.41, 5.74) is 0. The van der Waals surface area contributed by atoms with Gasteiger partial charge in [-0.1, -0.05) is 0 Å². The van der Waals surface area contributed by atoms with E-state index in [9.17, 15) is 14.4 Å². The number of carbonyl (C=O) groups excluding carboxylic acids is 3. The van der Waals surface area contributed by atoms with Crippen molar-refractivity contribution in [1.29, 1.82) is 0 Å². The molecule has 1 aromatic heterocycles. The summed E-state index contributed by atoms with van der Waals surface area (Å²) in [4.78, 5) is 44.0. The van der Waals surface area contributed by atoms with E-state index >= 15 is 0 Å². The number of piperazine rings is 2. The van der Waals surface area contributed by atoms with Crippen LogP contribution in [0.3, 0.4) is 0 Å². The minimum Gasteiger partial charge on any atom is -0.459 e. The van der Waals surface area contributed by atoms with Gasteiger partial charge in [0.2, 0.25) is 11.8 Å². The van der Waals surface area contributed by atoms with Gasteiger partial charge in [-0.15, -0.1) is 0 Å². The molecule has 2 aliphatic heterocycles. The second-order valence-corrected chi connectivity index (χ2v) is 6.81. The van der Waals surface area contributed by atoms with E-state index in [1.54, 1.807) is 24.0 Å². The van der Waals surface area contributed by atoms with E-state index < -0.39 is 0 Å². The van der Waals surface area contributed by atoms with Gasteiger partial charge in [0.1, 0.15) is 0 Å². The van der Waals surface area contributed by atoms with Crippen molar-refractivity contribution in [1.82, 2.24) is 19.6 Å². The normalized spacial score (nSPS) is 20.2. The first kappa shape index (κ1) is 18.4. The van der Waals surface area contributed by atoms with E-state index in [2.05, 4.69) is 4.90 Å². The Balaban J connectivity index is 1.49. The van der Waals surface area contributed by atoms with Crippen LogP contribution in [0.1, 0.15) is 24.4 Å². The van der Waals surface area contributed by atoms with Crippen LogP contribution in [0.15, 0.2) is 22.8 Å². The SMILES string of the molecule is CC(=O)N1CCN(C(C)C(=O)N2CCN(C(=O)c3ccco3)CC2)CC1. The zero-order chi connectivity index (χ0) is 18.7. The number of nitrogens with zero attached hydrogens (tertiary/aromatic N) is 4. The highest BCUT2D eigenvalue weighted by Gasteiger charge is 2.32. The minimum atomic E-state index is -0.212. The predicted molar refractivity (Wildman–Crippen MR) is 94.5 cm³/mol. The Hall–Kier alpha value is -2.35. The van der Waals surface area contributed by atoms with Gasteiger partial charge in [-0.25, -0.2) is 0 Å². The lowest BCUT2D eigenvalue weighted by Gasteiger charge is -2.40. The van der Waals surface area contributed by atoms with Gasteiger partial charge >= 0.3 is 0 Å². The Morgan fingerprint density at radius 2 is 1.50 bits per heavy atom. The molecule has 0 radical (unpaired) electrons. The molecule has 1 unspecified atom stereocenters. The lowest BCUT2D eigenvalue weighted by Crippen LogP contribution is -2.58. The molecule has 3 amide bonds. The van der Waals surface area contributed by atoms with E-state index in [0.29, 0.717) is 58.1 Å². The molecule has 3 rings (SSSR count). The van der Waals surface area contributed by atoms with Crippen LogP contribution in [0.4, 0.5) is 0 Å². The number of amides is 3. The molecule has 8 nitrogen and oxygen atoms in total. The summed E-state index contributed by atoms with van der Waals surface area (Å²) >= 11 is 0. The summed E-state index contributed by atoms with van der Waals surface area (Å²) in [6.07, 6.45) is 1.49. The van der Waals surface area contributed by atoms with Crippen LogP contribution in [0.2, 0.25) is 0 Å². The van der Waals surface area contributed by atoms with E-state index in [1.807, 2.05) is 16.7 Å². The molecule has 2 aliphatic rings. The van der Waals surface area contributed by atoms with Crippen LogP contribution >= 0.6 is 0 Å². The van der Waals surface area contributed by atoms with Crippen LogP contribution in [-0.4, -0.2) is 95.7 Å². The topological polar surface area (TPSA) is 77.3 Å². The van der Waals surface area contributed by atoms with Crippen molar-refractivity contribution in [2.45, 2.75) is 19.9 Å². The molecule has 1 atom stereocenters. The van der Waals surface area contributed by atoms with Crippen LogP contribution in [-0.2, 0) is 9.59 Å². The predicted octanol–water partition coefficient (Wildman–Crippen LogP) is 0.117. The standard InChI is InChI=1S/C18H26N4O4/c1-14(19-5-7-20(8-6-19)15(2)23)17(24)21-9-11-22(12-10-21)18(25)16-4-3-13-26-16/h3-4,13-14H,5-12H2,1-2H3. The van der Waals surface area contributed by atoms with Crippen molar-refractivity contribution in [3.05, 3.63) is 24.2 Å². The van der Waals surface area contributed by atoms with Crippen molar-refractivity contribution in [3.63, 3.8) is 0 Å². The smallest absolute Gasteiger partial charge is 0.289 e. The third-order valence-electron chi connectivity index (χ3n) is 5.28. The lowest BCUT2D eigenvalue weighted by atomic mass is 10.1. The van der Waals surface area contributed by atoms with Gasteiger partial charge in [-0.3, -0.25) is 19.3 Å². The summed E-state index contributed by atoms with van der Waals surface area (Å²) in [5.74, 6) is 0.379. The summed E-state index contributed by atoms with van der Waals surface area (Å²) in [6.45, 7) is 8.34. The monoisotopic (exact) mass is 362 g/mol. The summed E-state index contributed by atoms with van der Waals surface area (Å²) in [5, 5.41) is 0. The van der Waals surface area contributed by atoms with Gasteiger partial charge in [0.15, 0.2) is 5.76 Å². The lowest BCUT2D eigenvalue weighted by molar-refractivity contribution is -0.139. The molecule has 2 saturated heterocycles. The van der Waals surface area contributed by atoms with Gasteiger partial charge in [0.05, 0.1) is 12.3 Å². The van der Waals surface area contributed by atoms with E-state index in [0.717, 1.165) is 0 Å². The molecule has 0 bridgehead atoms.